The first kappa shape index (κ1) is 21.9. The third kappa shape index (κ3) is 3.55. The minimum Gasteiger partial charge on any atom is -0.478 e. The van der Waals surface area contributed by atoms with Crippen molar-refractivity contribution in [2.45, 2.75) is 0 Å². The van der Waals surface area contributed by atoms with Crippen molar-refractivity contribution in [1.29, 1.82) is 0 Å². The topological polar surface area (TPSA) is 99.8 Å². The first-order valence-corrected chi connectivity index (χ1v) is 11.3. The van der Waals surface area contributed by atoms with Gasteiger partial charge < -0.3 is 14.8 Å². The molecule has 0 spiro atoms. The second-order valence-corrected chi connectivity index (χ2v) is 9.42. The number of aromatic nitrogens is 1. The van der Waals surface area contributed by atoms with Gasteiger partial charge in [0.1, 0.15) is 0 Å². The molecule has 7 nitrogen and oxygen atoms in total. The molecule has 2 N–H and O–H groups in total. The summed E-state index contributed by atoms with van der Waals surface area (Å²) < 4.78 is 2.31. The Labute approximate surface area is 202 Å². The van der Waals surface area contributed by atoms with Crippen LogP contribution >= 0.6 is 24.0 Å². The zero-order valence-corrected chi connectivity index (χ0v) is 19.3. The summed E-state index contributed by atoms with van der Waals surface area (Å²) in [5.74, 6) is -3.03. The molecule has 1 aromatic heterocycles. The molecule has 1 amide bonds. The fourth-order valence-corrected chi connectivity index (χ4v) is 5.40. The summed E-state index contributed by atoms with van der Waals surface area (Å²) in [5, 5.41) is 20.9. The Morgan fingerprint density at radius 2 is 1.56 bits per heavy atom. The zero-order chi connectivity index (χ0) is 24.1. The molecule has 0 bridgehead atoms. The highest BCUT2D eigenvalue weighted by atomic mass is 32.2. The highest BCUT2D eigenvalue weighted by Gasteiger charge is 2.34. The van der Waals surface area contributed by atoms with Gasteiger partial charge in [0.2, 0.25) is 0 Å². The molecule has 0 aliphatic carbocycles. The summed E-state index contributed by atoms with van der Waals surface area (Å²) in [6, 6.07) is 17.5. The number of para-hydroxylation sites is 1. The van der Waals surface area contributed by atoms with Crippen LogP contribution in [-0.4, -0.2) is 36.9 Å². The van der Waals surface area contributed by atoms with Crippen LogP contribution in [0.2, 0.25) is 0 Å². The lowest BCUT2D eigenvalue weighted by molar-refractivity contribution is -0.113. The number of thiocarbonyl (C=S) groups is 1. The molecule has 1 aliphatic rings. The number of aryl methyl sites for hydroxylation is 1. The molecule has 5 rings (SSSR count). The Balaban J connectivity index is 1.56. The van der Waals surface area contributed by atoms with Gasteiger partial charge in [-0.3, -0.25) is 9.69 Å². The van der Waals surface area contributed by atoms with E-state index in [4.69, 9.17) is 12.2 Å². The van der Waals surface area contributed by atoms with Crippen molar-refractivity contribution in [3.05, 3.63) is 82.3 Å². The quantitative estimate of drug-likeness (QED) is 0.303. The number of anilines is 1. The van der Waals surface area contributed by atoms with E-state index in [9.17, 15) is 24.6 Å². The van der Waals surface area contributed by atoms with E-state index in [1.165, 1.54) is 17.0 Å². The van der Waals surface area contributed by atoms with Gasteiger partial charge in [-0.15, -0.1) is 0 Å². The molecule has 1 saturated heterocycles. The molecular weight excluding hydrogens is 472 g/mol. The van der Waals surface area contributed by atoms with Gasteiger partial charge in [0.05, 0.1) is 21.7 Å². The van der Waals surface area contributed by atoms with E-state index in [1.807, 2.05) is 37.4 Å². The van der Waals surface area contributed by atoms with Crippen LogP contribution in [0, 0.1) is 0 Å². The largest absolute Gasteiger partial charge is 0.478 e. The van der Waals surface area contributed by atoms with E-state index < -0.39 is 17.8 Å². The van der Waals surface area contributed by atoms with Crippen molar-refractivity contribution in [3.8, 4) is 0 Å². The normalized spacial score (nSPS) is 15.1. The fourth-order valence-electron chi connectivity index (χ4n) is 4.10. The van der Waals surface area contributed by atoms with Crippen LogP contribution in [0.25, 0.3) is 27.9 Å². The highest BCUT2D eigenvalue weighted by molar-refractivity contribution is 8.27. The minimum atomic E-state index is -1.30. The number of amides is 1. The first-order valence-electron chi connectivity index (χ1n) is 10.1. The Kier molecular flexibility index (Phi) is 5.22. The number of hydrogen-bond donors (Lipinski definition) is 2. The molecule has 4 aromatic rings. The number of thioether (sulfide) groups is 1. The van der Waals surface area contributed by atoms with Crippen LogP contribution in [0.3, 0.4) is 0 Å². The molecule has 1 fully saturated rings. The van der Waals surface area contributed by atoms with Gasteiger partial charge in [0.15, 0.2) is 4.32 Å². The smallest absolute Gasteiger partial charge is 0.335 e. The van der Waals surface area contributed by atoms with Crippen LogP contribution in [0.4, 0.5) is 5.69 Å². The van der Waals surface area contributed by atoms with Gasteiger partial charge in [-0.1, -0.05) is 48.2 Å². The van der Waals surface area contributed by atoms with Gasteiger partial charge in [0.25, 0.3) is 5.91 Å². The number of rotatable bonds is 4. The van der Waals surface area contributed by atoms with Gasteiger partial charge in [-0.2, -0.15) is 0 Å². The number of carbonyl (C=O) groups excluding carboxylic acids is 1. The monoisotopic (exact) mass is 488 g/mol. The molecule has 34 heavy (non-hydrogen) atoms. The summed E-state index contributed by atoms with van der Waals surface area (Å²) in [5.41, 5.74) is 2.61. The number of carboxylic acids is 2. The van der Waals surface area contributed by atoms with Crippen molar-refractivity contribution in [2.75, 3.05) is 4.90 Å². The summed E-state index contributed by atoms with van der Waals surface area (Å²) in [7, 11) is 2.01. The predicted octanol–water partition coefficient (Wildman–Crippen LogP) is 5.13. The van der Waals surface area contributed by atoms with Crippen molar-refractivity contribution in [1.82, 2.24) is 4.57 Å². The van der Waals surface area contributed by atoms with Crippen molar-refractivity contribution >= 4 is 79.7 Å². The van der Waals surface area contributed by atoms with Gasteiger partial charge >= 0.3 is 11.9 Å². The van der Waals surface area contributed by atoms with E-state index in [-0.39, 0.29) is 21.1 Å². The van der Waals surface area contributed by atoms with Crippen LogP contribution in [0.1, 0.15) is 26.3 Å². The predicted molar refractivity (Wildman–Crippen MR) is 136 cm³/mol. The standard InChI is InChI=1S/C25H16N2O5S2/c1-26-19-5-3-2-4-17(19)18-8-13(6-7-20(18)26)9-21-22(28)27(25(33)34-21)16-11-14(23(29)30)10-15(12-16)24(31)32/h2-12H,1H3,(H,29,30)(H,31,32)/b21-9-. The molecule has 9 heteroatoms. The van der Waals surface area contributed by atoms with E-state index >= 15 is 0 Å². The molecule has 168 valence electrons. The lowest BCUT2D eigenvalue weighted by Crippen LogP contribution is -2.28. The van der Waals surface area contributed by atoms with Crippen molar-refractivity contribution in [3.63, 3.8) is 0 Å². The Bertz CT molecular complexity index is 1570. The number of benzene rings is 3. The van der Waals surface area contributed by atoms with E-state index in [1.54, 1.807) is 6.08 Å². The molecule has 1 aliphatic heterocycles. The minimum absolute atomic E-state index is 0.104. The Hall–Kier alpha value is -3.95. The molecule has 0 radical (unpaired) electrons. The Morgan fingerprint density at radius 1 is 0.912 bits per heavy atom. The maximum Gasteiger partial charge on any atom is 0.335 e. The van der Waals surface area contributed by atoms with Crippen molar-refractivity contribution in [2.24, 2.45) is 7.05 Å². The van der Waals surface area contributed by atoms with Crippen LogP contribution < -0.4 is 4.90 Å². The average molecular weight is 489 g/mol. The molecule has 3 aromatic carbocycles. The first-order chi connectivity index (χ1) is 16.2. The number of nitrogens with zero attached hydrogens (tertiary/aromatic N) is 2. The van der Waals surface area contributed by atoms with E-state index in [2.05, 4.69) is 16.7 Å². The zero-order valence-electron chi connectivity index (χ0n) is 17.7. The van der Waals surface area contributed by atoms with Gasteiger partial charge in [-0.25, -0.2) is 9.59 Å². The average Bonchev–Trinajstić information content (AvgIpc) is 3.26. The molecule has 2 heterocycles. The lowest BCUT2D eigenvalue weighted by Gasteiger charge is -2.16. The third-order valence-corrected chi connectivity index (χ3v) is 7.00. The van der Waals surface area contributed by atoms with Crippen molar-refractivity contribution < 1.29 is 24.6 Å². The lowest BCUT2D eigenvalue weighted by atomic mass is 10.1. The van der Waals surface area contributed by atoms with Gasteiger partial charge in [-0.05, 0) is 48.0 Å². The Morgan fingerprint density at radius 3 is 2.24 bits per heavy atom. The number of carbonyl (C=O) groups is 3. The second-order valence-electron chi connectivity index (χ2n) is 7.75. The molecule has 0 unspecified atom stereocenters. The summed E-state index contributed by atoms with van der Waals surface area (Å²) in [6.07, 6.45) is 1.74. The third-order valence-electron chi connectivity index (χ3n) is 5.70. The molecule has 0 saturated carbocycles. The summed E-state index contributed by atoms with van der Waals surface area (Å²) in [6.45, 7) is 0. The van der Waals surface area contributed by atoms with Crippen LogP contribution in [0.5, 0.6) is 0 Å². The second kappa shape index (κ2) is 8.12. The SMILES string of the molecule is Cn1c2ccccc2c2cc(/C=C3\SC(=S)N(c4cc(C(=O)O)cc(C(=O)O)c4)C3=O)ccc21. The van der Waals surface area contributed by atoms with E-state index in [0.29, 0.717) is 4.91 Å². The van der Waals surface area contributed by atoms with Crippen LogP contribution in [0.15, 0.2) is 65.6 Å². The maximum atomic E-state index is 13.2. The van der Waals surface area contributed by atoms with Crippen LogP contribution in [-0.2, 0) is 11.8 Å². The summed E-state index contributed by atoms with van der Waals surface area (Å²) >= 11 is 6.47. The number of fused-ring (bicyclic) bond motifs is 3. The molecular formula is C25H16N2O5S2. The van der Waals surface area contributed by atoms with Gasteiger partial charge in [0, 0.05) is 28.9 Å². The number of carboxylic acid groups (broad SMARTS) is 2. The van der Waals surface area contributed by atoms with E-state index in [0.717, 1.165) is 45.2 Å². The highest BCUT2D eigenvalue weighted by Crippen LogP contribution is 2.37. The maximum absolute atomic E-state index is 13.2. The summed E-state index contributed by atoms with van der Waals surface area (Å²) in [4.78, 5) is 37.7. The fraction of sp³-hybridized carbons (Fsp3) is 0.0400. The number of aromatic carboxylic acids is 2. The molecule has 0 atom stereocenters. The number of hydrogen-bond acceptors (Lipinski definition) is 5.